The highest BCUT2D eigenvalue weighted by Gasteiger charge is 2.33. The Morgan fingerprint density at radius 3 is 2.21 bits per heavy atom. The van der Waals surface area contributed by atoms with Gasteiger partial charge in [0.15, 0.2) is 0 Å². The van der Waals surface area contributed by atoms with Crippen molar-refractivity contribution in [2.24, 2.45) is 0 Å². The van der Waals surface area contributed by atoms with Crippen LogP contribution in [0.3, 0.4) is 0 Å². The van der Waals surface area contributed by atoms with E-state index in [1.807, 2.05) is 0 Å². The van der Waals surface area contributed by atoms with E-state index in [9.17, 15) is 0 Å². The molecule has 2 aromatic carbocycles. The Bertz CT molecular complexity index is 739. The van der Waals surface area contributed by atoms with Crippen molar-refractivity contribution in [3.8, 4) is 5.75 Å². The van der Waals surface area contributed by atoms with Crippen molar-refractivity contribution in [1.29, 1.82) is 0 Å². The van der Waals surface area contributed by atoms with Crippen molar-refractivity contribution in [3.63, 3.8) is 0 Å². The van der Waals surface area contributed by atoms with Gasteiger partial charge in [0.25, 0.3) is 0 Å². The van der Waals surface area contributed by atoms with Crippen LogP contribution in [0.4, 0.5) is 0 Å². The van der Waals surface area contributed by atoms with Crippen molar-refractivity contribution < 1.29 is 4.74 Å². The number of rotatable bonds is 9. The molecule has 2 heteroatoms. The molecule has 154 valence electrons. The standard InChI is InChI=1S/C26H39OP/c1-8-10-16-26(9-2,28-7)23-18-22(25(4,5)6)17-20(3)24(23)27-19-21-14-12-11-13-15-21/h11-15,17-18,28H,8-10,16,19H2,1-7H3. The lowest BCUT2D eigenvalue weighted by Crippen LogP contribution is -2.23. The number of hydrogen-bond donors (Lipinski definition) is 0. The van der Waals surface area contributed by atoms with Gasteiger partial charge in [-0.25, -0.2) is 0 Å². The minimum Gasteiger partial charge on any atom is -0.488 e. The third-order valence-corrected chi connectivity index (χ3v) is 7.75. The highest BCUT2D eigenvalue weighted by atomic mass is 31.1. The maximum absolute atomic E-state index is 6.52. The van der Waals surface area contributed by atoms with Crippen LogP contribution in [0.15, 0.2) is 42.5 Å². The summed E-state index contributed by atoms with van der Waals surface area (Å²) in [5.74, 6) is 1.11. The lowest BCUT2D eigenvalue weighted by Gasteiger charge is -2.36. The molecule has 0 fully saturated rings. The Hall–Kier alpha value is -1.33. The van der Waals surface area contributed by atoms with Crippen molar-refractivity contribution in [1.82, 2.24) is 0 Å². The molecular formula is C26H39OP. The van der Waals surface area contributed by atoms with E-state index in [-0.39, 0.29) is 10.6 Å². The molecule has 0 aliphatic carbocycles. The molecule has 0 aliphatic rings. The molecule has 1 nitrogen and oxygen atoms in total. The van der Waals surface area contributed by atoms with Crippen LogP contribution < -0.4 is 4.74 Å². The van der Waals surface area contributed by atoms with E-state index in [4.69, 9.17) is 4.74 Å². The highest BCUT2D eigenvalue weighted by molar-refractivity contribution is 7.38. The maximum Gasteiger partial charge on any atom is 0.126 e. The van der Waals surface area contributed by atoms with E-state index in [1.165, 1.54) is 41.5 Å². The van der Waals surface area contributed by atoms with Crippen LogP contribution in [-0.4, -0.2) is 6.66 Å². The number of aryl methyl sites for hydroxylation is 1. The zero-order valence-electron chi connectivity index (χ0n) is 19.0. The quantitative estimate of drug-likeness (QED) is 0.389. The molecule has 0 bridgehead atoms. The molecule has 0 radical (unpaired) electrons. The number of benzene rings is 2. The predicted molar refractivity (Wildman–Crippen MR) is 126 cm³/mol. The minimum atomic E-state index is 0.137. The molecule has 0 spiro atoms. The zero-order chi connectivity index (χ0) is 20.8. The molecule has 2 atom stereocenters. The summed E-state index contributed by atoms with van der Waals surface area (Å²) in [5, 5.41) is 0.216. The summed E-state index contributed by atoms with van der Waals surface area (Å²) in [6.07, 6.45) is 4.91. The molecule has 2 unspecified atom stereocenters. The Kier molecular flexibility index (Phi) is 8.14. The minimum absolute atomic E-state index is 0.137. The summed E-state index contributed by atoms with van der Waals surface area (Å²) >= 11 is 0. The average Bonchev–Trinajstić information content (AvgIpc) is 2.68. The summed E-state index contributed by atoms with van der Waals surface area (Å²) in [4.78, 5) is 0. The first-order valence-corrected chi connectivity index (χ1v) is 12.3. The summed E-state index contributed by atoms with van der Waals surface area (Å²) in [6.45, 7) is 16.8. The van der Waals surface area contributed by atoms with Gasteiger partial charge in [-0.05, 0) is 48.5 Å². The van der Waals surface area contributed by atoms with E-state index in [2.05, 4.69) is 90.7 Å². The van der Waals surface area contributed by atoms with Crippen LogP contribution >= 0.6 is 8.58 Å². The van der Waals surface area contributed by atoms with Crippen LogP contribution in [0.2, 0.25) is 0 Å². The second kappa shape index (κ2) is 9.93. The SMILES string of the molecule is CCCCC(CC)(PC)c1cc(C(C)(C)C)cc(C)c1OCc1ccccc1. The van der Waals surface area contributed by atoms with Crippen LogP contribution in [0.1, 0.15) is 82.6 Å². The molecule has 0 heterocycles. The first-order chi connectivity index (χ1) is 13.3. The van der Waals surface area contributed by atoms with E-state index in [0.717, 1.165) is 20.8 Å². The Labute approximate surface area is 175 Å². The third kappa shape index (κ3) is 5.38. The van der Waals surface area contributed by atoms with Crippen molar-refractivity contribution in [2.45, 2.75) is 84.4 Å². The van der Waals surface area contributed by atoms with Gasteiger partial charge in [-0.3, -0.25) is 0 Å². The van der Waals surface area contributed by atoms with E-state index in [0.29, 0.717) is 6.61 Å². The van der Waals surface area contributed by atoms with Crippen LogP contribution in [0, 0.1) is 6.92 Å². The normalized spacial score (nSPS) is 14.4. The zero-order valence-corrected chi connectivity index (χ0v) is 20.0. The van der Waals surface area contributed by atoms with Gasteiger partial charge in [-0.15, -0.1) is 8.58 Å². The Morgan fingerprint density at radius 2 is 1.68 bits per heavy atom. The molecule has 2 aromatic rings. The first kappa shape index (κ1) is 23.0. The molecule has 0 N–H and O–H groups in total. The molecule has 0 aliphatic heterocycles. The van der Waals surface area contributed by atoms with E-state index < -0.39 is 0 Å². The highest BCUT2D eigenvalue weighted by Crippen LogP contribution is 2.51. The Morgan fingerprint density at radius 1 is 1.00 bits per heavy atom. The predicted octanol–water partition coefficient (Wildman–Crippen LogP) is 7.98. The second-order valence-electron chi connectivity index (χ2n) is 8.98. The van der Waals surface area contributed by atoms with Gasteiger partial charge in [-0.2, -0.15) is 0 Å². The fourth-order valence-electron chi connectivity index (χ4n) is 3.90. The van der Waals surface area contributed by atoms with E-state index >= 15 is 0 Å². The summed E-state index contributed by atoms with van der Waals surface area (Å²) in [6, 6.07) is 15.3. The lowest BCUT2D eigenvalue weighted by molar-refractivity contribution is 0.295. The van der Waals surface area contributed by atoms with Crippen molar-refractivity contribution in [3.05, 3.63) is 64.7 Å². The van der Waals surface area contributed by atoms with Gasteiger partial charge in [0.1, 0.15) is 12.4 Å². The van der Waals surface area contributed by atoms with Gasteiger partial charge < -0.3 is 4.74 Å². The van der Waals surface area contributed by atoms with Crippen LogP contribution in [-0.2, 0) is 17.2 Å². The number of unbranched alkanes of at least 4 members (excludes halogenated alkanes) is 1. The number of hydrogen-bond acceptors (Lipinski definition) is 1. The second-order valence-corrected chi connectivity index (χ2v) is 10.4. The molecule has 0 saturated heterocycles. The van der Waals surface area contributed by atoms with Gasteiger partial charge in [0, 0.05) is 10.7 Å². The van der Waals surface area contributed by atoms with Gasteiger partial charge >= 0.3 is 0 Å². The fourth-order valence-corrected chi connectivity index (χ4v) is 5.14. The molecule has 0 saturated carbocycles. The van der Waals surface area contributed by atoms with Crippen molar-refractivity contribution >= 4 is 8.58 Å². The largest absolute Gasteiger partial charge is 0.488 e. The monoisotopic (exact) mass is 398 g/mol. The summed E-state index contributed by atoms with van der Waals surface area (Å²) in [7, 11) is 0.870. The average molecular weight is 399 g/mol. The third-order valence-electron chi connectivity index (χ3n) is 5.92. The van der Waals surface area contributed by atoms with Gasteiger partial charge in [0.05, 0.1) is 0 Å². The summed E-state index contributed by atoms with van der Waals surface area (Å²) < 4.78 is 6.52. The topological polar surface area (TPSA) is 9.23 Å². The molecule has 2 rings (SSSR count). The molecule has 28 heavy (non-hydrogen) atoms. The smallest absolute Gasteiger partial charge is 0.126 e. The van der Waals surface area contributed by atoms with E-state index in [1.54, 1.807) is 0 Å². The summed E-state index contributed by atoms with van der Waals surface area (Å²) in [5.41, 5.74) is 5.48. The van der Waals surface area contributed by atoms with Crippen molar-refractivity contribution in [2.75, 3.05) is 6.66 Å². The molecule has 0 amide bonds. The Balaban J connectivity index is 2.55. The molecular weight excluding hydrogens is 359 g/mol. The lowest BCUT2D eigenvalue weighted by atomic mass is 9.80. The van der Waals surface area contributed by atoms with Crippen LogP contribution in [0.25, 0.3) is 0 Å². The van der Waals surface area contributed by atoms with Gasteiger partial charge in [0.2, 0.25) is 0 Å². The fraction of sp³-hybridized carbons (Fsp3) is 0.538. The number of ether oxygens (including phenoxy) is 1. The maximum atomic E-state index is 6.52. The van der Waals surface area contributed by atoms with Crippen LogP contribution in [0.5, 0.6) is 5.75 Å². The van der Waals surface area contributed by atoms with Gasteiger partial charge in [-0.1, -0.05) is 89.9 Å². The molecule has 0 aromatic heterocycles. The first-order valence-electron chi connectivity index (χ1n) is 10.8.